The number of anilines is 4. The predicted molar refractivity (Wildman–Crippen MR) is 167 cm³/mol. The van der Waals surface area contributed by atoms with E-state index in [1.54, 1.807) is 63.2 Å². The number of hydrogen-bond donors (Lipinski definition) is 4. The standard InChI is InChI=1S/C30H34N6O7S/c1-18(31-29(38)43-30(2,3)4)28(37)33-19-10-9-11-23(16-19)44(39,40)36-27-26(34-24-12-7-8-13-25(24)35-27)32-20-14-21(41-5)17-22(15-20)42-6/h7-18H,1-6H3,(H,31,38)(H,32,34)(H,33,37)(H,35,36)/t18-/m0/s1. The Morgan fingerprint density at radius 3 is 2.02 bits per heavy atom. The zero-order chi connectivity index (χ0) is 32.1. The molecule has 0 unspecified atom stereocenters. The molecule has 232 valence electrons. The third kappa shape index (κ3) is 8.25. The van der Waals surface area contributed by atoms with Crippen LogP contribution in [0.25, 0.3) is 11.0 Å². The second-order valence-corrected chi connectivity index (χ2v) is 12.3. The summed E-state index contributed by atoms with van der Waals surface area (Å²) in [5.41, 5.74) is 0.979. The van der Waals surface area contributed by atoms with Gasteiger partial charge in [0.2, 0.25) is 5.91 Å². The summed E-state index contributed by atoms with van der Waals surface area (Å²) in [7, 11) is -1.19. The van der Waals surface area contributed by atoms with Gasteiger partial charge in [0, 0.05) is 29.6 Å². The fraction of sp³-hybridized carbons (Fsp3) is 0.267. The summed E-state index contributed by atoms with van der Waals surface area (Å²) in [5.74, 6) is 0.526. The second kappa shape index (κ2) is 13.0. The molecule has 4 aromatic rings. The molecule has 13 nitrogen and oxygen atoms in total. The molecule has 0 saturated carbocycles. The molecule has 0 fully saturated rings. The number of amides is 2. The van der Waals surface area contributed by atoms with Gasteiger partial charge >= 0.3 is 6.09 Å². The summed E-state index contributed by atoms with van der Waals surface area (Å²) in [6.45, 7) is 6.59. The van der Waals surface area contributed by atoms with Crippen molar-refractivity contribution < 1.29 is 32.2 Å². The molecule has 0 saturated heterocycles. The number of alkyl carbamates (subject to hydrolysis) is 1. The lowest BCUT2D eigenvalue weighted by Crippen LogP contribution is -2.43. The molecule has 0 radical (unpaired) electrons. The number of carbonyl (C=O) groups excluding carboxylic acids is 2. The number of benzene rings is 3. The third-order valence-electron chi connectivity index (χ3n) is 5.95. The molecule has 0 aliphatic heterocycles. The number of para-hydroxylation sites is 2. The smallest absolute Gasteiger partial charge is 0.408 e. The number of methoxy groups -OCH3 is 2. The van der Waals surface area contributed by atoms with Crippen LogP contribution >= 0.6 is 0 Å². The van der Waals surface area contributed by atoms with Crippen LogP contribution in [-0.4, -0.2) is 56.2 Å². The third-order valence-corrected chi connectivity index (χ3v) is 7.29. The van der Waals surface area contributed by atoms with E-state index in [0.29, 0.717) is 28.2 Å². The van der Waals surface area contributed by atoms with E-state index in [1.807, 2.05) is 0 Å². The van der Waals surface area contributed by atoms with Crippen LogP contribution in [0.2, 0.25) is 0 Å². The van der Waals surface area contributed by atoms with Crippen LogP contribution in [0.1, 0.15) is 27.7 Å². The van der Waals surface area contributed by atoms with E-state index < -0.39 is 33.7 Å². The largest absolute Gasteiger partial charge is 0.497 e. The maximum Gasteiger partial charge on any atom is 0.408 e. The molecule has 1 atom stereocenters. The first-order valence-corrected chi connectivity index (χ1v) is 14.9. The monoisotopic (exact) mass is 622 g/mol. The Hall–Kier alpha value is -5.11. The zero-order valence-corrected chi connectivity index (χ0v) is 25.9. The van der Waals surface area contributed by atoms with Gasteiger partial charge < -0.3 is 30.2 Å². The Morgan fingerprint density at radius 2 is 1.43 bits per heavy atom. The van der Waals surface area contributed by atoms with Gasteiger partial charge in [0.15, 0.2) is 11.6 Å². The van der Waals surface area contributed by atoms with E-state index in [-0.39, 0.29) is 22.2 Å². The molecule has 44 heavy (non-hydrogen) atoms. The van der Waals surface area contributed by atoms with E-state index in [9.17, 15) is 18.0 Å². The normalized spacial score (nSPS) is 12.1. The topological polar surface area (TPSA) is 170 Å². The summed E-state index contributed by atoms with van der Waals surface area (Å²) in [6.07, 6.45) is -0.756. The summed E-state index contributed by atoms with van der Waals surface area (Å²) < 4.78 is 45.5. The summed E-state index contributed by atoms with van der Waals surface area (Å²) in [4.78, 5) is 33.7. The Kier molecular flexibility index (Phi) is 9.43. The van der Waals surface area contributed by atoms with Crippen molar-refractivity contribution in [1.82, 2.24) is 15.3 Å². The van der Waals surface area contributed by atoms with Gasteiger partial charge in [-0.1, -0.05) is 18.2 Å². The molecule has 0 aliphatic carbocycles. The Labute approximate surface area is 255 Å². The Balaban J connectivity index is 1.59. The zero-order valence-electron chi connectivity index (χ0n) is 25.1. The molecular formula is C30H34N6O7S. The highest BCUT2D eigenvalue weighted by atomic mass is 32.2. The number of aromatic nitrogens is 2. The number of nitrogens with zero attached hydrogens (tertiary/aromatic N) is 2. The first-order chi connectivity index (χ1) is 20.8. The van der Waals surface area contributed by atoms with Crippen LogP contribution in [0.5, 0.6) is 11.5 Å². The lowest BCUT2D eigenvalue weighted by Gasteiger charge is -2.21. The van der Waals surface area contributed by atoms with Crippen LogP contribution in [0, 0.1) is 0 Å². The van der Waals surface area contributed by atoms with E-state index in [2.05, 4.69) is 30.6 Å². The fourth-order valence-electron chi connectivity index (χ4n) is 3.90. The van der Waals surface area contributed by atoms with Crippen molar-refractivity contribution in [2.24, 2.45) is 0 Å². The van der Waals surface area contributed by atoms with Crippen molar-refractivity contribution in [2.75, 3.05) is 29.6 Å². The first-order valence-electron chi connectivity index (χ1n) is 13.5. The maximum absolute atomic E-state index is 13.6. The van der Waals surface area contributed by atoms with Crippen molar-refractivity contribution >= 4 is 56.1 Å². The van der Waals surface area contributed by atoms with Gasteiger partial charge in [-0.25, -0.2) is 23.2 Å². The molecular weight excluding hydrogens is 588 g/mol. The molecule has 4 rings (SSSR count). The van der Waals surface area contributed by atoms with Crippen LogP contribution in [0.4, 0.5) is 27.8 Å². The molecule has 14 heteroatoms. The van der Waals surface area contributed by atoms with Gasteiger partial charge in [-0.3, -0.25) is 9.52 Å². The van der Waals surface area contributed by atoms with E-state index >= 15 is 0 Å². The molecule has 2 amide bonds. The number of ether oxygens (including phenoxy) is 3. The fourth-order valence-corrected chi connectivity index (χ4v) is 4.96. The van der Waals surface area contributed by atoms with Gasteiger partial charge in [0.1, 0.15) is 23.1 Å². The van der Waals surface area contributed by atoms with Crippen molar-refractivity contribution in [2.45, 2.75) is 44.2 Å². The van der Waals surface area contributed by atoms with Gasteiger partial charge in [0.25, 0.3) is 10.0 Å². The molecule has 1 heterocycles. The second-order valence-electron chi connectivity index (χ2n) is 10.6. The molecule has 0 spiro atoms. The van der Waals surface area contributed by atoms with Crippen LogP contribution in [0.3, 0.4) is 0 Å². The quantitative estimate of drug-likeness (QED) is 0.188. The minimum atomic E-state index is -4.22. The molecule has 3 aromatic carbocycles. The van der Waals surface area contributed by atoms with E-state index in [1.165, 1.54) is 45.4 Å². The Bertz CT molecular complexity index is 1770. The highest BCUT2D eigenvalue weighted by Gasteiger charge is 2.23. The molecule has 0 aliphatic rings. The number of fused-ring (bicyclic) bond motifs is 1. The van der Waals surface area contributed by atoms with Crippen molar-refractivity contribution in [3.05, 3.63) is 66.7 Å². The molecule has 4 N–H and O–H groups in total. The number of rotatable bonds is 10. The van der Waals surface area contributed by atoms with E-state index in [0.717, 1.165) is 0 Å². The lowest BCUT2D eigenvalue weighted by atomic mass is 10.2. The minimum absolute atomic E-state index is 0.0601. The first kappa shape index (κ1) is 31.8. The van der Waals surface area contributed by atoms with Gasteiger partial charge in [0.05, 0.1) is 30.1 Å². The van der Waals surface area contributed by atoms with Gasteiger partial charge in [-0.05, 0) is 58.0 Å². The SMILES string of the molecule is COc1cc(Nc2nc3ccccc3nc2NS(=O)(=O)c2cccc(NC(=O)[C@H](C)NC(=O)OC(C)(C)C)c2)cc(OC)c1. The van der Waals surface area contributed by atoms with Crippen LogP contribution in [-0.2, 0) is 19.6 Å². The molecule has 0 bridgehead atoms. The average Bonchev–Trinajstić information content (AvgIpc) is 2.96. The highest BCUT2D eigenvalue weighted by Crippen LogP contribution is 2.31. The van der Waals surface area contributed by atoms with E-state index in [4.69, 9.17) is 14.2 Å². The summed E-state index contributed by atoms with van der Waals surface area (Å²) >= 11 is 0. The van der Waals surface area contributed by atoms with Crippen molar-refractivity contribution in [3.63, 3.8) is 0 Å². The number of sulfonamides is 1. The molecule has 1 aromatic heterocycles. The number of nitrogens with one attached hydrogen (secondary N) is 4. The summed E-state index contributed by atoms with van der Waals surface area (Å²) in [6, 6.07) is 16.8. The maximum atomic E-state index is 13.6. The number of carbonyl (C=O) groups is 2. The van der Waals surface area contributed by atoms with Crippen molar-refractivity contribution in [3.8, 4) is 11.5 Å². The van der Waals surface area contributed by atoms with Gasteiger partial charge in [-0.2, -0.15) is 0 Å². The highest BCUT2D eigenvalue weighted by molar-refractivity contribution is 7.92. The predicted octanol–water partition coefficient (Wildman–Crippen LogP) is 5.04. The summed E-state index contributed by atoms with van der Waals surface area (Å²) in [5, 5.41) is 8.16. The van der Waals surface area contributed by atoms with Crippen LogP contribution in [0.15, 0.2) is 71.6 Å². The average molecular weight is 623 g/mol. The van der Waals surface area contributed by atoms with Crippen LogP contribution < -0.4 is 30.1 Å². The minimum Gasteiger partial charge on any atom is -0.497 e. The van der Waals surface area contributed by atoms with Gasteiger partial charge in [-0.15, -0.1) is 0 Å². The number of hydrogen-bond acceptors (Lipinski definition) is 10. The van der Waals surface area contributed by atoms with Crippen molar-refractivity contribution in [1.29, 1.82) is 0 Å². The Morgan fingerprint density at radius 1 is 0.818 bits per heavy atom. The lowest BCUT2D eigenvalue weighted by molar-refractivity contribution is -0.117.